The third-order valence-electron chi connectivity index (χ3n) is 6.28. The molecule has 0 spiro atoms. The molecule has 0 aliphatic carbocycles. The quantitative estimate of drug-likeness (QED) is 0.476. The lowest BCUT2D eigenvalue weighted by Crippen LogP contribution is -2.53. The summed E-state index contributed by atoms with van der Waals surface area (Å²) in [6.07, 6.45) is -2.48. The van der Waals surface area contributed by atoms with Crippen LogP contribution in [0.4, 0.5) is 27.9 Å². The zero-order valence-corrected chi connectivity index (χ0v) is 18.9. The molecule has 4 rings (SSSR count). The molecule has 184 valence electrons. The maximum atomic E-state index is 14.7. The molecule has 12 heteroatoms. The standard InChI is InChI=1S/C22H23F5N4O2S/c1-34(33)9-5-14(6-10-34)20(32)31-8-7-30(21-28-11-15(12-29-21)22(25,26)27)13-18(31)16-3-2-4-17(23)19(16)24/h2-4,11-12,14,18H,1,5-10,13H2. The number of benzene rings is 1. The van der Waals surface area contributed by atoms with Crippen molar-refractivity contribution in [3.8, 4) is 0 Å². The number of amides is 1. The lowest BCUT2D eigenvalue weighted by Gasteiger charge is -2.43. The van der Waals surface area contributed by atoms with Crippen molar-refractivity contribution in [3.05, 3.63) is 53.4 Å². The Morgan fingerprint density at radius 3 is 2.35 bits per heavy atom. The molecule has 2 aromatic rings. The zero-order chi connectivity index (χ0) is 24.7. The number of hydrogen-bond donors (Lipinski definition) is 0. The van der Waals surface area contributed by atoms with E-state index >= 15 is 0 Å². The van der Waals surface area contributed by atoms with E-state index in [0.29, 0.717) is 36.7 Å². The molecule has 2 fully saturated rings. The number of carbonyl (C=O) groups is 1. The number of piperazine rings is 1. The van der Waals surface area contributed by atoms with Gasteiger partial charge in [-0.25, -0.2) is 18.7 Å². The number of hydrogen-bond acceptors (Lipinski definition) is 5. The van der Waals surface area contributed by atoms with E-state index in [0.717, 1.165) is 6.07 Å². The summed E-state index contributed by atoms with van der Waals surface area (Å²) < 4.78 is 79.5. The first-order valence-corrected chi connectivity index (χ1v) is 12.7. The number of rotatable bonds is 3. The second-order valence-corrected chi connectivity index (χ2v) is 11.3. The van der Waals surface area contributed by atoms with Gasteiger partial charge in [-0.1, -0.05) is 12.1 Å². The molecule has 1 aromatic heterocycles. The van der Waals surface area contributed by atoms with Gasteiger partial charge >= 0.3 is 6.18 Å². The second-order valence-electron chi connectivity index (χ2n) is 8.55. The van der Waals surface area contributed by atoms with Gasteiger partial charge in [0.1, 0.15) is 0 Å². The van der Waals surface area contributed by atoms with E-state index in [2.05, 4.69) is 15.8 Å². The Morgan fingerprint density at radius 2 is 1.74 bits per heavy atom. The highest BCUT2D eigenvalue weighted by atomic mass is 32.2. The van der Waals surface area contributed by atoms with Crippen LogP contribution in [-0.2, 0) is 20.5 Å². The molecule has 2 aliphatic rings. The van der Waals surface area contributed by atoms with E-state index in [4.69, 9.17) is 0 Å². The molecular formula is C22H23F5N4O2S. The molecule has 3 heterocycles. The Hall–Kier alpha value is -2.76. The minimum absolute atomic E-state index is 0.00336. The average molecular weight is 503 g/mol. The molecule has 6 nitrogen and oxygen atoms in total. The molecule has 1 aromatic carbocycles. The minimum Gasteiger partial charge on any atom is -0.337 e. The summed E-state index contributed by atoms with van der Waals surface area (Å²) in [5.41, 5.74) is -1.04. The number of anilines is 1. The van der Waals surface area contributed by atoms with Crippen molar-refractivity contribution < 1.29 is 31.0 Å². The smallest absolute Gasteiger partial charge is 0.337 e. The topological polar surface area (TPSA) is 66.4 Å². The van der Waals surface area contributed by atoms with Crippen molar-refractivity contribution in [2.45, 2.75) is 25.1 Å². The molecule has 1 unspecified atom stereocenters. The van der Waals surface area contributed by atoms with Crippen LogP contribution in [0.5, 0.6) is 0 Å². The van der Waals surface area contributed by atoms with E-state index < -0.39 is 44.9 Å². The number of aromatic nitrogens is 2. The summed E-state index contributed by atoms with van der Waals surface area (Å²) in [5, 5.41) is 0. The molecule has 2 aliphatic heterocycles. The first kappa shape index (κ1) is 24.4. The molecule has 0 saturated carbocycles. The second kappa shape index (κ2) is 9.12. The van der Waals surface area contributed by atoms with Crippen molar-refractivity contribution in [2.75, 3.05) is 36.0 Å². The van der Waals surface area contributed by atoms with Crippen LogP contribution in [0.2, 0.25) is 0 Å². The normalized spacial score (nSPS) is 25.9. The van der Waals surface area contributed by atoms with Gasteiger partial charge in [0, 0.05) is 55.0 Å². The summed E-state index contributed by atoms with van der Waals surface area (Å²) in [6, 6.07) is 2.78. The van der Waals surface area contributed by atoms with E-state index in [9.17, 15) is 31.0 Å². The summed E-state index contributed by atoms with van der Waals surface area (Å²) in [5.74, 6) is 1.52. The zero-order valence-electron chi connectivity index (χ0n) is 18.1. The van der Waals surface area contributed by atoms with Crippen LogP contribution in [0.15, 0.2) is 30.6 Å². The number of alkyl halides is 3. The Bertz CT molecular complexity index is 1160. The SMILES string of the molecule is C=S1(=O)CCC(C(=O)N2CCN(c3ncc(C(F)(F)F)cn3)CC2c2cccc(F)c2F)CC1. The van der Waals surface area contributed by atoms with E-state index in [1.165, 1.54) is 17.0 Å². The minimum atomic E-state index is -4.59. The van der Waals surface area contributed by atoms with Gasteiger partial charge in [0.2, 0.25) is 11.9 Å². The van der Waals surface area contributed by atoms with Crippen molar-refractivity contribution >= 4 is 27.2 Å². The number of carbonyl (C=O) groups excluding carboxylic acids is 1. The van der Waals surface area contributed by atoms with Crippen molar-refractivity contribution in [1.29, 1.82) is 0 Å². The molecule has 34 heavy (non-hydrogen) atoms. The fourth-order valence-corrected chi connectivity index (χ4v) is 5.98. The Kier molecular flexibility index (Phi) is 6.54. The molecule has 0 radical (unpaired) electrons. The predicted octanol–water partition coefficient (Wildman–Crippen LogP) is 3.29. The van der Waals surface area contributed by atoms with Gasteiger partial charge in [-0.3, -0.25) is 9.00 Å². The van der Waals surface area contributed by atoms with Crippen molar-refractivity contribution in [3.63, 3.8) is 0 Å². The Balaban J connectivity index is 1.62. The van der Waals surface area contributed by atoms with Crippen LogP contribution >= 0.6 is 0 Å². The van der Waals surface area contributed by atoms with Gasteiger partial charge < -0.3 is 9.80 Å². The van der Waals surface area contributed by atoms with Gasteiger partial charge in [0.05, 0.1) is 11.6 Å². The predicted molar refractivity (Wildman–Crippen MR) is 118 cm³/mol. The molecular weight excluding hydrogens is 479 g/mol. The highest BCUT2D eigenvalue weighted by Gasteiger charge is 2.39. The highest BCUT2D eigenvalue weighted by Crippen LogP contribution is 2.34. The number of halogens is 5. The van der Waals surface area contributed by atoms with Crippen LogP contribution < -0.4 is 4.90 Å². The van der Waals surface area contributed by atoms with Crippen LogP contribution in [0.3, 0.4) is 0 Å². The fraction of sp³-hybridized carbons (Fsp3) is 0.455. The molecule has 1 atom stereocenters. The van der Waals surface area contributed by atoms with Crippen LogP contribution in [-0.4, -0.2) is 62.0 Å². The largest absolute Gasteiger partial charge is 0.419 e. The van der Waals surface area contributed by atoms with Gasteiger partial charge in [-0.05, 0) is 34.3 Å². The lowest BCUT2D eigenvalue weighted by atomic mass is 9.96. The molecule has 2 saturated heterocycles. The third kappa shape index (κ3) is 5.01. The fourth-order valence-electron chi connectivity index (χ4n) is 4.35. The van der Waals surface area contributed by atoms with Gasteiger partial charge in [-0.15, -0.1) is 0 Å². The monoisotopic (exact) mass is 502 g/mol. The summed E-state index contributed by atoms with van der Waals surface area (Å²) in [6.45, 7) is 0.277. The molecule has 1 amide bonds. The van der Waals surface area contributed by atoms with E-state index in [1.54, 1.807) is 4.90 Å². The summed E-state index contributed by atoms with van der Waals surface area (Å²) in [7, 11) is -2.20. The first-order chi connectivity index (χ1) is 16.0. The maximum Gasteiger partial charge on any atom is 0.419 e. The first-order valence-electron chi connectivity index (χ1n) is 10.7. The summed E-state index contributed by atoms with van der Waals surface area (Å²) >= 11 is 0. The van der Waals surface area contributed by atoms with Gasteiger partial charge in [0.15, 0.2) is 11.6 Å². The Labute approximate surface area is 193 Å². The summed E-state index contributed by atoms with van der Waals surface area (Å²) in [4.78, 5) is 24.0. The van der Waals surface area contributed by atoms with Crippen molar-refractivity contribution in [1.82, 2.24) is 14.9 Å². The van der Waals surface area contributed by atoms with Crippen LogP contribution in [0, 0.1) is 17.6 Å². The van der Waals surface area contributed by atoms with Gasteiger partial charge in [-0.2, -0.15) is 13.2 Å². The van der Waals surface area contributed by atoms with Crippen LogP contribution in [0.25, 0.3) is 0 Å². The van der Waals surface area contributed by atoms with Crippen LogP contribution in [0.1, 0.15) is 30.0 Å². The molecule has 0 bridgehead atoms. The molecule has 0 N–H and O–H groups in total. The average Bonchev–Trinajstić information content (AvgIpc) is 2.79. The van der Waals surface area contributed by atoms with Crippen molar-refractivity contribution in [2.24, 2.45) is 5.92 Å². The Morgan fingerprint density at radius 1 is 1.09 bits per heavy atom. The lowest BCUT2D eigenvalue weighted by molar-refractivity contribution is -0.139. The number of nitrogens with zero attached hydrogens (tertiary/aromatic N) is 4. The third-order valence-corrected chi connectivity index (χ3v) is 8.24. The van der Waals surface area contributed by atoms with E-state index in [1.807, 2.05) is 0 Å². The van der Waals surface area contributed by atoms with Gasteiger partial charge in [0.25, 0.3) is 0 Å². The van der Waals surface area contributed by atoms with E-state index in [-0.39, 0.29) is 37.1 Å². The highest BCUT2D eigenvalue weighted by molar-refractivity contribution is 8.00. The maximum absolute atomic E-state index is 14.7.